The van der Waals surface area contributed by atoms with Gasteiger partial charge in [0.2, 0.25) is 0 Å². The number of nitrogens with zero attached hydrogens (tertiary/aromatic N) is 1. The van der Waals surface area contributed by atoms with Gasteiger partial charge in [0.25, 0.3) is 0 Å². The van der Waals surface area contributed by atoms with Gasteiger partial charge in [-0.1, -0.05) is 6.07 Å². The van der Waals surface area contributed by atoms with Crippen LogP contribution in [0.1, 0.15) is 5.56 Å². The van der Waals surface area contributed by atoms with E-state index < -0.39 is 0 Å². The van der Waals surface area contributed by atoms with E-state index in [2.05, 4.69) is 4.98 Å². The zero-order chi connectivity index (χ0) is 7.84. The predicted octanol–water partition coefficient (Wildman–Crippen LogP) is 1.72. The average Bonchev–Trinajstić information content (AvgIpc) is 2.45. The van der Waals surface area contributed by atoms with E-state index in [0.717, 1.165) is 16.7 Å². The van der Waals surface area contributed by atoms with Crippen LogP contribution in [0.2, 0.25) is 0 Å². The molecule has 0 aliphatic carbocycles. The third-order valence-corrected chi connectivity index (χ3v) is 1.76. The molecule has 0 saturated carbocycles. The molecular formula is C8H8N2O. The number of benzene rings is 1. The highest BCUT2D eigenvalue weighted by atomic mass is 16.3. The number of nitrogens with two attached hydrogens (primary N) is 1. The summed E-state index contributed by atoms with van der Waals surface area (Å²) in [5, 5.41) is 0. The molecule has 1 heterocycles. The number of hydrogen-bond donors (Lipinski definition) is 1. The summed E-state index contributed by atoms with van der Waals surface area (Å²) in [4.78, 5) is 3.99. The Hall–Kier alpha value is -1.51. The zero-order valence-corrected chi connectivity index (χ0v) is 6.16. The summed E-state index contributed by atoms with van der Waals surface area (Å²) in [5.74, 6) is 0. The topological polar surface area (TPSA) is 52.0 Å². The third kappa shape index (κ3) is 0.774. The Kier molecular flexibility index (Phi) is 1.12. The molecule has 0 saturated heterocycles. The molecule has 3 nitrogen and oxygen atoms in total. The van der Waals surface area contributed by atoms with Crippen LogP contribution in [0.3, 0.4) is 0 Å². The van der Waals surface area contributed by atoms with E-state index in [0.29, 0.717) is 5.69 Å². The number of rotatable bonds is 0. The number of oxazole rings is 1. The maximum Gasteiger partial charge on any atom is 0.182 e. The molecule has 0 aliphatic heterocycles. The smallest absolute Gasteiger partial charge is 0.182 e. The molecular weight excluding hydrogens is 140 g/mol. The number of fused-ring (bicyclic) bond motifs is 1. The van der Waals surface area contributed by atoms with Gasteiger partial charge in [0.05, 0.1) is 5.69 Å². The minimum Gasteiger partial charge on any atom is -0.443 e. The van der Waals surface area contributed by atoms with Gasteiger partial charge in [-0.15, -0.1) is 0 Å². The molecule has 0 atom stereocenters. The van der Waals surface area contributed by atoms with Gasteiger partial charge in [-0.2, -0.15) is 0 Å². The van der Waals surface area contributed by atoms with E-state index in [1.807, 2.05) is 19.1 Å². The van der Waals surface area contributed by atoms with Gasteiger partial charge in [-0.05, 0) is 18.6 Å². The fourth-order valence-corrected chi connectivity index (χ4v) is 1.05. The van der Waals surface area contributed by atoms with Crippen LogP contribution in [0, 0.1) is 6.92 Å². The molecule has 1 aromatic heterocycles. The van der Waals surface area contributed by atoms with Crippen LogP contribution in [-0.2, 0) is 0 Å². The summed E-state index contributed by atoms with van der Waals surface area (Å²) >= 11 is 0. The molecule has 2 rings (SSSR count). The Labute approximate surface area is 63.8 Å². The van der Waals surface area contributed by atoms with Crippen LogP contribution in [-0.4, -0.2) is 4.98 Å². The lowest BCUT2D eigenvalue weighted by molar-refractivity contribution is 0.602. The van der Waals surface area contributed by atoms with Crippen LogP contribution >= 0.6 is 0 Å². The van der Waals surface area contributed by atoms with Gasteiger partial charge in [-0.3, -0.25) is 0 Å². The molecule has 2 aromatic rings. The molecule has 0 spiro atoms. The molecule has 56 valence electrons. The first kappa shape index (κ1) is 6.22. The zero-order valence-electron chi connectivity index (χ0n) is 6.16. The van der Waals surface area contributed by atoms with E-state index in [-0.39, 0.29) is 0 Å². The second-order valence-electron chi connectivity index (χ2n) is 2.50. The van der Waals surface area contributed by atoms with Crippen molar-refractivity contribution in [2.75, 3.05) is 5.73 Å². The quantitative estimate of drug-likeness (QED) is 0.578. The molecule has 11 heavy (non-hydrogen) atoms. The van der Waals surface area contributed by atoms with Crippen LogP contribution in [0.15, 0.2) is 22.9 Å². The Balaban J connectivity index is 2.93. The average molecular weight is 148 g/mol. The number of aryl methyl sites for hydroxylation is 1. The standard InChI is InChI=1S/C8H8N2O/c1-5-2-3-6-8(7(5)9)10-4-11-6/h2-4H,9H2,1H3. The van der Waals surface area contributed by atoms with E-state index >= 15 is 0 Å². The Morgan fingerprint density at radius 2 is 2.27 bits per heavy atom. The van der Waals surface area contributed by atoms with Crippen molar-refractivity contribution in [3.63, 3.8) is 0 Å². The summed E-state index contributed by atoms with van der Waals surface area (Å²) in [6, 6.07) is 3.79. The predicted molar refractivity (Wildman–Crippen MR) is 43.2 cm³/mol. The van der Waals surface area contributed by atoms with E-state index in [4.69, 9.17) is 10.2 Å². The first-order valence-electron chi connectivity index (χ1n) is 3.37. The highest BCUT2D eigenvalue weighted by Gasteiger charge is 2.03. The summed E-state index contributed by atoms with van der Waals surface area (Å²) in [7, 11) is 0. The maximum absolute atomic E-state index is 5.74. The fraction of sp³-hybridized carbons (Fsp3) is 0.125. The minimum absolute atomic E-state index is 0.705. The number of aromatic nitrogens is 1. The van der Waals surface area contributed by atoms with Crippen LogP contribution in [0.25, 0.3) is 11.1 Å². The number of anilines is 1. The van der Waals surface area contributed by atoms with Crippen molar-refractivity contribution < 1.29 is 4.42 Å². The first-order valence-corrected chi connectivity index (χ1v) is 3.37. The highest BCUT2D eigenvalue weighted by Crippen LogP contribution is 2.22. The van der Waals surface area contributed by atoms with Crippen molar-refractivity contribution in [2.45, 2.75) is 6.92 Å². The summed E-state index contributed by atoms with van der Waals surface area (Å²) in [5.41, 5.74) is 8.98. The third-order valence-electron chi connectivity index (χ3n) is 1.76. The second kappa shape index (κ2) is 1.99. The van der Waals surface area contributed by atoms with Crippen molar-refractivity contribution >= 4 is 16.8 Å². The normalized spacial score (nSPS) is 10.6. The van der Waals surface area contributed by atoms with Gasteiger partial charge in [-0.25, -0.2) is 4.98 Å². The van der Waals surface area contributed by atoms with Gasteiger partial charge in [0.15, 0.2) is 12.0 Å². The monoisotopic (exact) mass is 148 g/mol. The van der Waals surface area contributed by atoms with Gasteiger partial charge in [0, 0.05) is 0 Å². The van der Waals surface area contributed by atoms with Crippen molar-refractivity contribution in [2.24, 2.45) is 0 Å². The molecule has 0 aliphatic rings. The maximum atomic E-state index is 5.74. The lowest BCUT2D eigenvalue weighted by Crippen LogP contribution is -1.89. The van der Waals surface area contributed by atoms with Gasteiger partial charge < -0.3 is 10.2 Å². The first-order chi connectivity index (χ1) is 5.29. The van der Waals surface area contributed by atoms with Crippen molar-refractivity contribution in [1.82, 2.24) is 4.98 Å². The molecule has 0 bridgehead atoms. The van der Waals surface area contributed by atoms with Gasteiger partial charge in [0.1, 0.15) is 5.52 Å². The largest absolute Gasteiger partial charge is 0.443 e. The number of nitrogen functional groups attached to an aromatic ring is 1. The number of hydrogen-bond acceptors (Lipinski definition) is 3. The minimum atomic E-state index is 0.705. The fourth-order valence-electron chi connectivity index (χ4n) is 1.05. The molecule has 0 fully saturated rings. The summed E-state index contributed by atoms with van der Waals surface area (Å²) in [6.07, 6.45) is 1.40. The lowest BCUT2D eigenvalue weighted by Gasteiger charge is -1.96. The van der Waals surface area contributed by atoms with E-state index in [1.54, 1.807) is 0 Å². The van der Waals surface area contributed by atoms with Crippen LogP contribution in [0.5, 0.6) is 0 Å². The van der Waals surface area contributed by atoms with Crippen molar-refractivity contribution in [3.05, 3.63) is 24.1 Å². The van der Waals surface area contributed by atoms with Gasteiger partial charge >= 0.3 is 0 Å². The van der Waals surface area contributed by atoms with Crippen LogP contribution in [0.4, 0.5) is 5.69 Å². The van der Waals surface area contributed by atoms with E-state index in [9.17, 15) is 0 Å². The molecule has 0 unspecified atom stereocenters. The Morgan fingerprint density at radius 3 is 3.09 bits per heavy atom. The summed E-state index contributed by atoms with van der Waals surface area (Å²) in [6.45, 7) is 1.95. The van der Waals surface area contributed by atoms with Crippen molar-refractivity contribution in [3.8, 4) is 0 Å². The Bertz CT molecular complexity index is 392. The molecule has 0 amide bonds. The Morgan fingerprint density at radius 1 is 1.45 bits per heavy atom. The van der Waals surface area contributed by atoms with E-state index in [1.165, 1.54) is 6.39 Å². The molecule has 3 heteroatoms. The summed E-state index contributed by atoms with van der Waals surface area (Å²) < 4.78 is 5.06. The SMILES string of the molecule is Cc1ccc2ocnc2c1N. The second-order valence-corrected chi connectivity index (χ2v) is 2.50. The highest BCUT2D eigenvalue weighted by molar-refractivity contribution is 5.86. The molecule has 0 radical (unpaired) electrons. The van der Waals surface area contributed by atoms with Crippen LogP contribution < -0.4 is 5.73 Å². The van der Waals surface area contributed by atoms with Crippen molar-refractivity contribution in [1.29, 1.82) is 0 Å². The molecule has 2 N–H and O–H groups in total. The lowest BCUT2D eigenvalue weighted by atomic mass is 10.2. The molecule has 1 aromatic carbocycles.